The Balaban J connectivity index is 1.80. The standard InChI is InChI=1S/C16H18N4O4S/c1-12-3-5-13(6-4-12)15-18-14(9-24-15)10-25(21,22)16-19-17-11-20(16)7-8-23-2/h3-6,9,11H,7-8,10H2,1-2H3. The van der Waals surface area contributed by atoms with Crippen LogP contribution in [0, 0.1) is 6.92 Å². The first-order valence-electron chi connectivity index (χ1n) is 7.60. The van der Waals surface area contributed by atoms with E-state index in [1.165, 1.54) is 17.2 Å². The summed E-state index contributed by atoms with van der Waals surface area (Å²) in [6, 6.07) is 7.63. The van der Waals surface area contributed by atoms with E-state index in [1.54, 1.807) is 7.11 Å². The number of nitrogens with zero attached hydrogens (tertiary/aromatic N) is 4. The quantitative estimate of drug-likeness (QED) is 0.632. The molecule has 0 saturated heterocycles. The number of methoxy groups -OCH3 is 1. The summed E-state index contributed by atoms with van der Waals surface area (Å²) in [6.07, 6.45) is 2.72. The molecule has 132 valence electrons. The Morgan fingerprint density at radius 1 is 1.24 bits per heavy atom. The van der Waals surface area contributed by atoms with Crippen molar-refractivity contribution in [2.45, 2.75) is 24.4 Å². The smallest absolute Gasteiger partial charge is 0.249 e. The van der Waals surface area contributed by atoms with E-state index in [0.717, 1.165) is 11.1 Å². The van der Waals surface area contributed by atoms with Gasteiger partial charge in [0.2, 0.25) is 20.9 Å². The number of benzene rings is 1. The summed E-state index contributed by atoms with van der Waals surface area (Å²) >= 11 is 0. The molecule has 0 N–H and O–H groups in total. The average Bonchev–Trinajstić information content (AvgIpc) is 3.23. The first-order valence-corrected chi connectivity index (χ1v) is 9.26. The predicted molar refractivity (Wildman–Crippen MR) is 89.5 cm³/mol. The third-order valence-corrected chi connectivity index (χ3v) is 5.13. The first-order chi connectivity index (χ1) is 12.0. The highest BCUT2D eigenvalue weighted by atomic mass is 32.2. The number of ether oxygens (including phenoxy) is 1. The number of sulfone groups is 1. The molecule has 8 nitrogen and oxygen atoms in total. The Kier molecular flexibility index (Phi) is 4.95. The van der Waals surface area contributed by atoms with E-state index in [2.05, 4.69) is 15.2 Å². The molecule has 3 rings (SSSR count). The molecule has 25 heavy (non-hydrogen) atoms. The highest BCUT2D eigenvalue weighted by molar-refractivity contribution is 7.90. The molecular formula is C16H18N4O4S. The van der Waals surface area contributed by atoms with Crippen LogP contribution in [0.1, 0.15) is 11.3 Å². The summed E-state index contributed by atoms with van der Waals surface area (Å²) in [5, 5.41) is 7.29. The molecule has 2 heterocycles. The van der Waals surface area contributed by atoms with Gasteiger partial charge in [-0.3, -0.25) is 0 Å². The minimum absolute atomic E-state index is 0.107. The van der Waals surface area contributed by atoms with Gasteiger partial charge in [0, 0.05) is 19.2 Å². The number of hydrogen-bond donors (Lipinski definition) is 0. The van der Waals surface area contributed by atoms with Crippen LogP contribution in [0.2, 0.25) is 0 Å². The number of oxazole rings is 1. The molecule has 1 aromatic carbocycles. The van der Waals surface area contributed by atoms with Gasteiger partial charge in [-0.2, -0.15) is 0 Å². The molecule has 0 bridgehead atoms. The summed E-state index contributed by atoms with van der Waals surface area (Å²) in [7, 11) is -2.15. The van der Waals surface area contributed by atoms with Crippen LogP contribution in [-0.4, -0.2) is 41.9 Å². The van der Waals surface area contributed by atoms with E-state index >= 15 is 0 Å². The van der Waals surface area contributed by atoms with Gasteiger partial charge in [-0.15, -0.1) is 10.2 Å². The van der Waals surface area contributed by atoms with Gasteiger partial charge in [-0.25, -0.2) is 13.4 Å². The van der Waals surface area contributed by atoms with Crippen molar-refractivity contribution in [2.24, 2.45) is 0 Å². The van der Waals surface area contributed by atoms with Crippen LogP contribution < -0.4 is 0 Å². The largest absolute Gasteiger partial charge is 0.444 e. The van der Waals surface area contributed by atoms with Crippen LogP contribution >= 0.6 is 0 Å². The summed E-state index contributed by atoms with van der Waals surface area (Å²) in [5.74, 6) is 0.0691. The SMILES string of the molecule is COCCn1cnnc1S(=O)(=O)Cc1coc(-c2ccc(C)cc2)n1. The zero-order valence-corrected chi connectivity index (χ0v) is 14.7. The monoisotopic (exact) mass is 362 g/mol. The van der Waals surface area contributed by atoms with Gasteiger partial charge in [0.05, 0.1) is 12.3 Å². The van der Waals surface area contributed by atoms with Gasteiger partial charge in [0.1, 0.15) is 18.3 Å². The van der Waals surface area contributed by atoms with Gasteiger partial charge in [-0.05, 0) is 19.1 Å². The lowest BCUT2D eigenvalue weighted by Crippen LogP contribution is -2.15. The van der Waals surface area contributed by atoms with Crippen LogP contribution in [0.15, 0.2) is 46.4 Å². The van der Waals surface area contributed by atoms with E-state index in [9.17, 15) is 8.42 Å². The van der Waals surface area contributed by atoms with Crippen LogP contribution in [-0.2, 0) is 26.9 Å². The second kappa shape index (κ2) is 7.16. The molecule has 0 radical (unpaired) electrons. The van der Waals surface area contributed by atoms with Gasteiger partial charge in [0.15, 0.2) is 0 Å². The average molecular weight is 362 g/mol. The molecule has 0 saturated carbocycles. The maximum Gasteiger partial charge on any atom is 0.249 e. The molecule has 0 aliphatic carbocycles. The van der Waals surface area contributed by atoms with E-state index in [0.29, 0.717) is 24.7 Å². The van der Waals surface area contributed by atoms with Crippen LogP contribution in [0.3, 0.4) is 0 Å². The van der Waals surface area contributed by atoms with Crippen LogP contribution in [0.5, 0.6) is 0 Å². The molecule has 0 fully saturated rings. The van der Waals surface area contributed by atoms with Crippen molar-refractivity contribution in [3.05, 3.63) is 48.1 Å². The number of rotatable bonds is 7. The lowest BCUT2D eigenvalue weighted by Gasteiger charge is -2.05. The molecule has 0 aliphatic heterocycles. The van der Waals surface area contributed by atoms with E-state index < -0.39 is 9.84 Å². The predicted octanol–water partition coefficient (Wildman–Crippen LogP) is 1.86. The van der Waals surface area contributed by atoms with Gasteiger partial charge >= 0.3 is 0 Å². The van der Waals surface area contributed by atoms with Crippen molar-refractivity contribution in [3.63, 3.8) is 0 Å². The molecular weight excluding hydrogens is 344 g/mol. The normalized spacial score (nSPS) is 11.8. The number of hydrogen-bond acceptors (Lipinski definition) is 7. The maximum absolute atomic E-state index is 12.6. The Morgan fingerprint density at radius 2 is 2.00 bits per heavy atom. The minimum Gasteiger partial charge on any atom is -0.444 e. The fraction of sp³-hybridized carbons (Fsp3) is 0.312. The lowest BCUT2D eigenvalue weighted by molar-refractivity contribution is 0.184. The summed E-state index contributed by atoms with van der Waals surface area (Å²) in [4.78, 5) is 4.27. The zero-order chi connectivity index (χ0) is 17.9. The molecule has 3 aromatic rings. The van der Waals surface area contributed by atoms with Crippen molar-refractivity contribution >= 4 is 9.84 Å². The van der Waals surface area contributed by atoms with Gasteiger partial charge < -0.3 is 13.7 Å². The minimum atomic E-state index is -3.70. The molecule has 2 aromatic heterocycles. The third-order valence-electron chi connectivity index (χ3n) is 3.58. The fourth-order valence-corrected chi connectivity index (χ4v) is 3.61. The summed E-state index contributed by atoms with van der Waals surface area (Å²) in [6.45, 7) is 2.70. The number of aromatic nitrogens is 4. The third kappa shape index (κ3) is 3.94. The lowest BCUT2D eigenvalue weighted by atomic mass is 10.1. The number of aryl methyl sites for hydroxylation is 1. The highest BCUT2D eigenvalue weighted by Gasteiger charge is 2.24. The van der Waals surface area contributed by atoms with Crippen LogP contribution in [0.25, 0.3) is 11.5 Å². The second-order valence-electron chi connectivity index (χ2n) is 5.57. The van der Waals surface area contributed by atoms with Gasteiger partial charge in [0.25, 0.3) is 0 Å². The topological polar surface area (TPSA) is 100 Å². The van der Waals surface area contributed by atoms with Crippen LogP contribution in [0.4, 0.5) is 0 Å². The maximum atomic E-state index is 12.6. The molecule has 0 amide bonds. The van der Waals surface area contributed by atoms with Crippen molar-refractivity contribution in [1.82, 2.24) is 19.7 Å². The summed E-state index contributed by atoms with van der Waals surface area (Å²) < 4.78 is 37.0. The molecule has 0 unspecified atom stereocenters. The highest BCUT2D eigenvalue weighted by Crippen LogP contribution is 2.21. The van der Waals surface area contributed by atoms with Crippen molar-refractivity contribution in [3.8, 4) is 11.5 Å². The van der Waals surface area contributed by atoms with Crippen molar-refractivity contribution in [2.75, 3.05) is 13.7 Å². The van der Waals surface area contributed by atoms with Crippen molar-refractivity contribution in [1.29, 1.82) is 0 Å². The molecule has 0 atom stereocenters. The van der Waals surface area contributed by atoms with E-state index in [4.69, 9.17) is 9.15 Å². The Morgan fingerprint density at radius 3 is 2.72 bits per heavy atom. The summed E-state index contributed by atoms with van der Waals surface area (Å²) in [5.41, 5.74) is 2.22. The fourth-order valence-electron chi connectivity index (χ4n) is 2.29. The van der Waals surface area contributed by atoms with Crippen molar-refractivity contribution < 1.29 is 17.6 Å². The molecule has 0 spiro atoms. The zero-order valence-electron chi connectivity index (χ0n) is 13.9. The van der Waals surface area contributed by atoms with E-state index in [1.807, 2.05) is 31.2 Å². The second-order valence-corrected chi connectivity index (χ2v) is 7.45. The first kappa shape index (κ1) is 17.3. The Labute approximate surface area is 145 Å². The molecule has 0 aliphatic rings. The van der Waals surface area contributed by atoms with E-state index in [-0.39, 0.29) is 10.9 Å². The van der Waals surface area contributed by atoms with Gasteiger partial charge in [-0.1, -0.05) is 17.7 Å². The molecule has 9 heteroatoms. The Hall–Kier alpha value is -2.52. The Bertz CT molecular complexity index is 945.